The number of carbonyl (C=O) groups excluding carboxylic acids is 2. The summed E-state index contributed by atoms with van der Waals surface area (Å²) >= 11 is 0. The van der Waals surface area contributed by atoms with Gasteiger partial charge in [0, 0.05) is 43.0 Å². The zero-order valence-corrected chi connectivity index (χ0v) is 18.7. The van der Waals surface area contributed by atoms with Gasteiger partial charge in [-0.05, 0) is 55.3 Å². The standard InChI is InChI=1S/C25H27N5O3/c1-17(31)28-20-6-3-7-21(13-20)29-25(32)19-5-4-12-30(15-19)24-14-23(26-16-27-24)18-8-10-22(33-2)11-9-18/h3,6-11,13-14,16,19H,4-5,12,15H2,1-2H3,(H,28,31)(H,29,32). The molecule has 1 unspecified atom stereocenters. The molecule has 2 aromatic carbocycles. The summed E-state index contributed by atoms with van der Waals surface area (Å²) in [6.07, 6.45) is 3.27. The summed E-state index contributed by atoms with van der Waals surface area (Å²) in [4.78, 5) is 35.2. The predicted molar refractivity (Wildman–Crippen MR) is 128 cm³/mol. The molecule has 8 nitrogen and oxygen atoms in total. The Morgan fingerprint density at radius 2 is 1.79 bits per heavy atom. The van der Waals surface area contributed by atoms with Gasteiger partial charge in [-0.1, -0.05) is 6.07 Å². The second-order valence-electron chi connectivity index (χ2n) is 8.03. The Kier molecular flexibility index (Phi) is 6.83. The van der Waals surface area contributed by atoms with Crippen molar-refractivity contribution in [3.05, 3.63) is 60.9 Å². The van der Waals surface area contributed by atoms with E-state index in [2.05, 4.69) is 25.5 Å². The molecule has 0 saturated carbocycles. The second-order valence-corrected chi connectivity index (χ2v) is 8.03. The fraction of sp³-hybridized carbons (Fsp3) is 0.280. The molecule has 0 bridgehead atoms. The van der Waals surface area contributed by atoms with Crippen LogP contribution in [-0.2, 0) is 9.59 Å². The maximum Gasteiger partial charge on any atom is 0.229 e. The molecule has 8 heteroatoms. The van der Waals surface area contributed by atoms with Crippen molar-refractivity contribution < 1.29 is 14.3 Å². The van der Waals surface area contributed by atoms with Crippen molar-refractivity contribution in [3.63, 3.8) is 0 Å². The number of ether oxygens (including phenoxy) is 1. The van der Waals surface area contributed by atoms with Crippen LogP contribution < -0.4 is 20.3 Å². The number of nitrogens with one attached hydrogen (secondary N) is 2. The van der Waals surface area contributed by atoms with Gasteiger partial charge in [0.25, 0.3) is 0 Å². The summed E-state index contributed by atoms with van der Waals surface area (Å²) in [6.45, 7) is 2.87. The number of hydrogen-bond donors (Lipinski definition) is 2. The van der Waals surface area contributed by atoms with E-state index in [-0.39, 0.29) is 17.7 Å². The molecule has 2 heterocycles. The van der Waals surface area contributed by atoms with Crippen LogP contribution in [0.1, 0.15) is 19.8 Å². The first-order valence-electron chi connectivity index (χ1n) is 10.9. The molecule has 33 heavy (non-hydrogen) atoms. The van der Waals surface area contributed by atoms with Gasteiger partial charge < -0.3 is 20.3 Å². The van der Waals surface area contributed by atoms with Gasteiger partial charge in [0.05, 0.1) is 18.7 Å². The fourth-order valence-electron chi connectivity index (χ4n) is 3.96. The quantitative estimate of drug-likeness (QED) is 0.596. The molecular weight excluding hydrogens is 418 g/mol. The lowest BCUT2D eigenvalue weighted by molar-refractivity contribution is -0.120. The summed E-state index contributed by atoms with van der Waals surface area (Å²) < 4.78 is 5.23. The number of benzene rings is 2. The number of piperidine rings is 1. The third-order valence-corrected chi connectivity index (χ3v) is 5.61. The van der Waals surface area contributed by atoms with Crippen molar-refractivity contribution in [2.45, 2.75) is 19.8 Å². The van der Waals surface area contributed by atoms with Crippen molar-refractivity contribution in [2.24, 2.45) is 5.92 Å². The SMILES string of the molecule is COc1ccc(-c2cc(N3CCCC(C(=O)Nc4cccc(NC(C)=O)c4)C3)ncn2)cc1. The van der Waals surface area contributed by atoms with E-state index in [4.69, 9.17) is 4.74 Å². The summed E-state index contributed by atoms with van der Waals surface area (Å²) in [5, 5.41) is 5.72. The van der Waals surface area contributed by atoms with E-state index in [0.717, 1.165) is 42.2 Å². The monoisotopic (exact) mass is 445 g/mol. The highest BCUT2D eigenvalue weighted by atomic mass is 16.5. The lowest BCUT2D eigenvalue weighted by Gasteiger charge is -2.33. The Morgan fingerprint density at radius 1 is 1.03 bits per heavy atom. The number of aromatic nitrogens is 2. The predicted octanol–water partition coefficient (Wildman–Crippen LogP) is 3.97. The molecule has 1 saturated heterocycles. The molecule has 1 aromatic heterocycles. The molecule has 1 fully saturated rings. The van der Waals surface area contributed by atoms with Crippen molar-refractivity contribution in [3.8, 4) is 17.0 Å². The van der Waals surface area contributed by atoms with E-state index in [9.17, 15) is 9.59 Å². The molecule has 2 N–H and O–H groups in total. The van der Waals surface area contributed by atoms with Crippen LogP contribution in [0, 0.1) is 5.92 Å². The average molecular weight is 446 g/mol. The fourth-order valence-corrected chi connectivity index (χ4v) is 3.96. The Morgan fingerprint density at radius 3 is 2.52 bits per heavy atom. The minimum atomic E-state index is -0.164. The summed E-state index contributed by atoms with van der Waals surface area (Å²) in [5.74, 6) is 1.24. The van der Waals surface area contributed by atoms with E-state index in [1.807, 2.05) is 36.4 Å². The number of amides is 2. The smallest absolute Gasteiger partial charge is 0.229 e. The lowest BCUT2D eigenvalue weighted by atomic mass is 9.97. The van der Waals surface area contributed by atoms with Crippen LogP contribution in [0.15, 0.2) is 60.9 Å². The lowest BCUT2D eigenvalue weighted by Crippen LogP contribution is -2.41. The third-order valence-electron chi connectivity index (χ3n) is 5.61. The topological polar surface area (TPSA) is 96.5 Å². The zero-order valence-electron chi connectivity index (χ0n) is 18.7. The zero-order chi connectivity index (χ0) is 23.2. The molecule has 4 rings (SSSR count). The first-order valence-corrected chi connectivity index (χ1v) is 10.9. The molecular formula is C25H27N5O3. The van der Waals surface area contributed by atoms with Crippen molar-refractivity contribution in [1.82, 2.24) is 9.97 Å². The molecule has 1 atom stereocenters. The Hall–Kier alpha value is -3.94. The highest BCUT2D eigenvalue weighted by molar-refractivity contribution is 5.94. The minimum absolute atomic E-state index is 0.0379. The van der Waals surface area contributed by atoms with Gasteiger partial charge >= 0.3 is 0 Å². The summed E-state index contributed by atoms with van der Waals surface area (Å²) in [5.41, 5.74) is 3.11. The number of rotatable bonds is 6. The van der Waals surface area contributed by atoms with E-state index >= 15 is 0 Å². The molecule has 170 valence electrons. The first-order chi connectivity index (χ1) is 16.0. The maximum absolute atomic E-state index is 13.0. The largest absolute Gasteiger partial charge is 0.497 e. The first kappa shape index (κ1) is 22.3. The van der Waals surface area contributed by atoms with Crippen LogP contribution in [0.5, 0.6) is 5.75 Å². The molecule has 0 spiro atoms. The van der Waals surface area contributed by atoms with Gasteiger partial charge in [0.2, 0.25) is 11.8 Å². The van der Waals surface area contributed by atoms with E-state index in [1.165, 1.54) is 6.92 Å². The van der Waals surface area contributed by atoms with Crippen LogP contribution in [-0.4, -0.2) is 42.0 Å². The molecule has 0 aliphatic carbocycles. The molecule has 2 amide bonds. The highest BCUT2D eigenvalue weighted by Gasteiger charge is 2.27. The molecule has 0 radical (unpaired) electrons. The average Bonchev–Trinajstić information content (AvgIpc) is 2.84. The van der Waals surface area contributed by atoms with Crippen molar-refractivity contribution in [2.75, 3.05) is 35.7 Å². The van der Waals surface area contributed by atoms with Crippen LogP contribution in [0.3, 0.4) is 0 Å². The number of anilines is 3. The van der Waals surface area contributed by atoms with Crippen LogP contribution in [0.4, 0.5) is 17.2 Å². The number of nitrogens with zero attached hydrogens (tertiary/aromatic N) is 3. The van der Waals surface area contributed by atoms with Gasteiger partial charge in [-0.3, -0.25) is 9.59 Å². The van der Waals surface area contributed by atoms with Gasteiger partial charge in [-0.15, -0.1) is 0 Å². The summed E-state index contributed by atoms with van der Waals surface area (Å²) in [6, 6.07) is 16.8. The summed E-state index contributed by atoms with van der Waals surface area (Å²) in [7, 11) is 1.64. The number of carbonyl (C=O) groups is 2. The Bertz CT molecular complexity index is 1130. The van der Waals surface area contributed by atoms with Gasteiger partial charge in [-0.25, -0.2) is 9.97 Å². The normalized spacial score (nSPS) is 15.6. The molecule has 3 aromatic rings. The van der Waals surface area contributed by atoms with E-state index in [1.54, 1.807) is 31.6 Å². The Balaban J connectivity index is 1.44. The Labute approximate surface area is 193 Å². The van der Waals surface area contributed by atoms with Crippen LogP contribution in [0.25, 0.3) is 11.3 Å². The van der Waals surface area contributed by atoms with Crippen LogP contribution >= 0.6 is 0 Å². The second kappa shape index (κ2) is 10.1. The van der Waals surface area contributed by atoms with Crippen molar-refractivity contribution >= 4 is 29.0 Å². The maximum atomic E-state index is 13.0. The van der Waals surface area contributed by atoms with Gasteiger partial charge in [0.1, 0.15) is 17.9 Å². The van der Waals surface area contributed by atoms with Gasteiger partial charge in [-0.2, -0.15) is 0 Å². The highest BCUT2D eigenvalue weighted by Crippen LogP contribution is 2.27. The van der Waals surface area contributed by atoms with Crippen molar-refractivity contribution in [1.29, 1.82) is 0 Å². The molecule has 1 aliphatic rings. The number of methoxy groups -OCH3 is 1. The molecule has 1 aliphatic heterocycles. The number of hydrogen-bond acceptors (Lipinski definition) is 6. The van der Waals surface area contributed by atoms with E-state index in [0.29, 0.717) is 17.9 Å². The van der Waals surface area contributed by atoms with Crippen LogP contribution in [0.2, 0.25) is 0 Å². The van der Waals surface area contributed by atoms with E-state index < -0.39 is 0 Å². The third kappa shape index (κ3) is 5.65. The van der Waals surface area contributed by atoms with Gasteiger partial charge in [0.15, 0.2) is 0 Å². The minimum Gasteiger partial charge on any atom is -0.497 e.